The summed E-state index contributed by atoms with van der Waals surface area (Å²) in [4.78, 5) is 0. The Bertz CT molecular complexity index is 165. The van der Waals surface area contributed by atoms with E-state index in [1.165, 1.54) is 5.57 Å². The van der Waals surface area contributed by atoms with Crippen molar-refractivity contribution in [1.82, 2.24) is 0 Å². The van der Waals surface area contributed by atoms with Crippen molar-refractivity contribution >= 4 is 0 Å². The minimum Gasteiger partial charge on any atom is -0.392 e. The number of hydrogen-bond acceptors (Lipinski definition) is 3. The van der Waals surface area contributed by atoms with Crippen LogP contribution in [-0.2, 0) is 9.47 Å². The summed E-state index contributed by atoms with van der Waals surface area (Å²) >= 11 is 0. The molecule has 0 aromatic carbocycles. The molecule has 2 atom stereocenters. The van der Waals surface area contributed by atoms with E-state index in [0.29, 0.717) is 0 Å². The molecule has 70 valence electrons. The third-order valence-electron chi connectivity index (χ3n) is 2.16. The van der Waals surface area contributed by atoms with Gasteiger partial charge in [0.05, 0.1) is 12.7 Å². The molecular formula is C9H16O3. The van der Waals surface area contributed by atoms with Gasteiger partial charge in [-0.25, -0.2) is 0 Å². The van der Waals surface area contributed by atoms with E-state index in [9.17, 15) is 0 Å². The first-order chi connectivity index (χ1) is 5.77. The molecule has 0 saturated carbocycles. The van der Waals surface area contributed by atoms with E-state index in [1.807, 2.05) is 13.0 Å². The van der Waals surface area contributed by atoms with Crippen LogP contribution in [0.4, 0.5) is 0 Å². The summed E-state index contributed by atoms with van der Waals surface area (Å²) in [7, 11) is 1.65. The fourth-order valence-electron chi connectivity index (χ4n) is 1.43. The van der Waals surface area contributed by atoms with Crippen molar-refractivity contribution in [3.63, 3.8) is 0 Å². The lowest BCUT2D eigenvalue weighted by atomic mass is 10.0. The second kappa shape index (κ2) is 4.60. The van der Waals surface area contributed by atoms with Crippen LogP contribution >= 0.6 is 0 Å². The molecule has 1 heterocycles. The van der Waals surface area contributed by atoms with Gasteiger partial charge in [0, 0.05) is 13.5 Å². The second-order valence-corrected chi connectivity index (χ2v) is 2.94. The topological polar surface area (TPSA) is 38.7 Å². The molecule has 0 bridgehead atoms. The van der Waals surface area contributed by atoms with Gasteiger partial charge in [0.15, 0.2) is 6.29 Å². The first-order valence-corrected chi connectivity index (χ1v) is 4.26. The van der Waals surface area contributed by atoms with Gasteiger partial charge in [0.25, 0.3) is 0 Å². The highest BCUT2D eigenvalue weighted by Gasteiger charge is 2.22. The Kier molecular flexibility index (Phi) is 3.72. The Balaban J connectivity index is 2.47. The molecule has 0 aromatic rings. The van der Waals surface area contributed by atoms with E-state index < -0.39 is 0 Å². The molecule has 3 nitrogen and oxygen atoms in total. The highest BCUT2D eigenvalue weighted by Crippen LogP contribution is 2.23. The summed E-state index contributed by atoms with van der Waals surface area (Å²) in [5.74, 6) is 0. The monoisotopic (exact) mass is 172 g/mol. The summed E-state index contributed by atoms with van der Waals surface area (Å²) in [6.45, 7) is 2.08. The van der Waals surface area contributed by atoms with Gasteiger partial charge < -0.3 is 14.6 Å². The molecule has 0 aromatic heterocycles. The third kappa shape index (κ3) is 2.30. The minimum atomic E-state index is -0.0733. The molecule has 3 heteroatoms. The summed E-state index contributed by atoms with van der Waals surface area (Å²) in [5.41, 5.74) is 1.17. The van der Waals surface area contributed by atoms with Crippen molar-refractivity contribution in [2.75, 3.05) is 13.7 Å². The number of aliphatic hydroxyl groups is 1. The summed E-state index contributed by atoms with van der Waals surface area (Å²) in [6.07, 6.45) is 3.66. The van der Waals surface area contributed by atoms with Crippen LogP contribution in [0, 0.1) is 0 Å². The highest BCUT2D eigenvalue weighted by atomic mass is 16.7. The van der Waals surface area contributed by atoms with Gasteiger partial charge in [-0.3, -0.25) is 0 Å². The van der Waals surface area contributed by atoms with Gasteiger partial charge in [0.2, 0.25) is 0 Å². The Morgan fingerprint density at radius 1 is 1.75 bits per heavy atom. The van der Waals surface area contributed by atoms with Crippen LogP contribution in [0.1, 0.15) is 19.8 Å². The van der Waals surface area contributed by atoms with Crippen LogP contribution in [0.2, 0.25) is 0 Å². The van der Waals surface area contributed by atoms with Gasteiger partial charge in [0.1, 0.15) is 0 Å². The predicted molar refractivity (Wildman–Crippen MR) is 45.7 cm³/mol. The maximum absolute atomic E-state index is 8.70. The molecule has 0 amide bonds. The molecule has 1 aliphatic rings. The Labute approximate surface area is 73.0 Å². The Hall–Kier alpha value is -0.380. The molecule has 1 saturated heterocycles. The minimum absolute atomic E-state index is 0.0733. The van der Waals surface area contributed by atoms with Crippen molar-refractivity contribution < 1.29 is 14.6 Å². The Morgan fingerprint density at radius 2 is 2.50 bits per heavy atom. The van der Waals surface area contributed by atoms with Crippen molar-refractivity contribution in [3.8, 4) is 0 Å². The maximum atomic E-state index is 8.70. The number of rotatable bonds is 2. The summed E-state index contributed by atoms with van der Waals surface area (Å²) < 4.78 is 10.6. The molecule has 1 fully saturated rings. The van der Waals surface area contributed by atoms with Gasteiger partial charge in [-0.1, -0.05) is 6.08 Å². The fraction of sp³-hybridized carbons (Fsp3) is 0.778. The van der Waals surface area contributed by atoms with E-state index in [1.54, 1.807) is 7.11 Å². The zero-order valence-electron chi connectivity index (χ0n) is 7.62. The first-order valence-electron chi connectivity index (χ1n) is 4.26. The lowest BCUT2D eigenvalue weighted by Gasteiger charge is -2.29. The molecular weight excluding hydrogens is 156 g/mol. The van der Waals surface area contributed by atoms with Crippen LogP contribution < -0.4 is 0 Å². The second-order valence-electron chi connectivity index (χ2n) is 2.94. The standard InChI is InChI=1S/C9H16O3/c1-7-8(5-6-10)3-4-9(11-2)12-7/h5,7,9-10H,3-4,6H2,1-2H3/b8-5+/t7-,9+/m1/s1. The quantitative estimate of drug-likeness (QED) is 0.633. The van der Waals surface area contributed by atoms with Crippen LogP contribution in [0.15, 0.2) is 11.6 Å². The van der Waals surface area contributed by atoms with Gasteiger partial charge in [-0.15, -0.1) is 0 Å². The molecule has 1 N–H and O–H groups in total. The largest absolute Gasteiger partial charge is 0.392 e. The number of ether oxygens (including phenoxy) is 2. The molecule has 0 spiro atoms. The smallest absolute Gasteiger partial charge is 0.158 e. The average Bonchev–Trinajstić information content (AvgIpc) is 2.09. The van der Waals surface area contributed by atoms with Crippen molar-refractivity contribution in [3.05, 3.63) is 11.6 Å². The van der Waals surface area contributed by atoms with Crippen LogP contribution in [0.5, 0.6) is 0 Å². The molecule has 1 aliphatic heterocycles. The number of hydrogen-bond donors (Lipinski definition) is 1. The van der Waals surface area contributed by atoms with Crippen LogP contribution in [-0.4, -0.2) is 31.2 Å². The van der Waals surface area contributed by atoms with E-state index in [4.69, 9.17) is 14.6 Å². The number of methoxy groups -OCH3 is 1. The van der Waals surface area contributed by atoms with Gasteiger partial charge in [-0.2, -0.15) is 0 Å². The van der Waals surface area contributed by atoms with Crippen LogP contribution in [0.25, 0.3) is 0 Å². The van der Waals surface area contributed by atoms with Gasteiger partial charge >= 0.3 is 0 Å². The lowest BCUT2D eigenvalue weighted by Crippen LogP contribution is -2.28. The van der Waals surface area contributed by atoms with E-state index in [2.05, 4.69) is 0 Å². The van der Waals surface area contributed by atoms with Gasteiger partial charge in [-0.05, 0) is 18.9 Å². The lowest BCUT2D eigenvalue weighted by molar-refractivity contribution is -0.158. The van der Waals surface area contributed by atoms with Crippen molar-refractivity contribution in [2.45, 2.75) is 32.2 Å². The number of aliphatic hydroxyl groups excluding tert-OH is 1. The first kappa shape index (κ1) is 9.71. The molecule has 0 unspecified atom stereocenters. The summed E-state index contributed by atoms with van der Waals surface area (Å²) in [5, 5.41) is 8.70. The molecule has 1 rings (SSSR count). The normalized spacial score (nSPS) is 34.1. The van der Waals surface area contributed by atoms with Crippen molar-refractivity contribution in [1.29, 1.82) is 0 Å². The van der Waals surface area contributed by atoms with Crippen molar-refractivity contribution in [2.24, 2.45) is 0 Å². The van der Waals surface area contributed by atoms with E-state index in [0.717, 1.165) is 12.8 Å². The zero-order chi connectivity index (χ0) is 8.97. The fourth-order valence-corrected chi connectivity index (χ4v) is 1.43. The highest BCUT2D eigenvalue weighted by molar-refractivity contribution is 5.09. The van der Waals surface area contributed by atoms with Crippen LogP contribution in [0.3, 0.4) is 0 Å². The maximum Gasteiger partial charge on any atom is 0.158 e. The van der Waals surface area contributed by atoms with E-state index in [-0.39, 0.29) is 19.0 Å². The predicted octanol–water partition coefficient (Wildman–Crippen LogP) is 1.08. The SMILES string of the molecule is CO[C@@H]1CC/C(=C\CO)[C@@H](C)O1. The average molecular weight is 172 g/mol. The molecule has 12 heavy (non-hydrogen) atoms. The zero-order valence-corrected chi connectivity index (χ0v) is 7.62. The Morgan fingerprint density at radius 3 is 3.00 bits per heavy atom. The summed E-state index contributed by atoms with van der Waals surface area (Å²) in [6, 6.07) is 0. The molecule has 0 aliphatic carbocycles. The van der Waals surface area contributed by atoms with E-state index >= 15 is 0 Å². The molecule has 0 radical (unpaired) electrons. The third-order valence-corrected chi connectivity index (χ3v) is 2.16.